The predicted molar refractivity (Wildman–Crippen MR) is 81.3 cm³/mol. The maximum Gasteiger partial charge on any atom is 0.270 e. The summed E-state index contributed by atoms with van der Waals surface area (Å²) in [6.07, 6.45) is 3.59. The maximum atomic E-state index is 12.6. The Bertz CT molecular complexity index is 604. The van der Waals surface area contributed by atoms with E-state index in [1.165, 1.54) is 0 Å². The predicted octanol–water partition coefficient (Wildman–Crippen LogP) is 1.48. The van der Waals surface area contributed by atoms with Crippen molar-refractivity contribution >= 4 is 0 Å². The summed E-state index contributed by atoms with van der Waals surface area (Å²) in [5, 5.41) is 7.65. The zero-order valence-electron chi connectivity index (χ0n) is 13.4. The van der Waals surface area contributed by atoms with Gasteiger partial charge in [-0.05, 0) is 52.6 Å². The highest BCUT2D eigenvalue weighted by Gasteiger charge is 2.46. The molecule has 21 heavy (non-hydrogen) atoms. The zero-order chi connectivity index (χ0) is 15.3. The van der Waals surface area contributed by atoms with Crippen LogP contribution in [-0.4, -0.2) is 27.5 Å². The summed E-state index contributed by atoms with van der Waals surface area (Å²) >= 11 is 0. The lowest BCUT2D eigenvalue weighted by Gasteiger charge is -2.27. The van der Waals surface area contributed by atoms with Crippen LogP contribution in [-0.2, 0) is 24.2 Å². The van der Waals surface area contributed by atoms with E-state index in [9.17, 15) is 4.79 Å². The fourth-order valence-electron chi connectivity index (χ4n) is 3.72. The van der Waals surface area contributed by atoms with E-state index in [0.29, 0.717) is 12.5 Å². The third-order valence-electron chi connectivity index (χ3n) is 4.75. The van der Waals surface area contributed by atoms with Crippen molar-refractivity contribution in [3.63, 3.8) is 0 Å². The summed E-state index contributed by atoms with van der Waals surface area (Å²) in [6, 6.07) is 0. The molecule has 0 amide bonds. The molecule has 1 aromatic rings. The number of fused-ring (bicyclic) bond motifs is 1. The van der Waals surface area contributed by atoms with E-state index in [-0.39, 0.29) is 16.8 Å². The van der Waals surface area contributed by atoms with Gasteiger partial charge >= 0.3 is 0 Å². The number of nitrogens with zero attached hydrogens (tertiary/aromatic N) is 2. The van der Waals surface area contributed by atoms with Gasteiger partial charge in [0, 0.05) is 18.0 Å². The molecule has 3 heterocycles. The Morgan fingerprint density at radius 2 is 2.19 bits per heavy atom. The SMILES string of the molecule is CC1(C)CC(Cn2ncc3c(c2=O)CCNC3)C(C)(C)O1. The van der Waals surface area contributed by atoms with Gasteiger partial charge in [-0.15, -0.1) is 0 Å². The highest BCUT2D eigenvalue weighted by Crippen LogP contribution is 2.42. The van der Waals surface area contributed by atoms with E-state index in [1.54, 1.807) is 4.68 Å². The lowest BCUT2D eigenvalue weighted by atomic mass is 9.87. The van der Waals surface area contributed by atoms with Gasteiger partial charge in [0.1, 0.15) is 0 Å². The zero-order valence-corrected chi connectivity index (χ0v) is 13.4. The first kappa shape index (κ1) is 14.7. The lowest BCUT2D eigenvalue weighted by molar-refractivity contribution is -0.0762. The molecule has 5 nitrogen and oxygen atoms in total. The summed E-state index contributed by atoms with van der Waals surface area (Å²) in [7, 11) is 0. The Kier molecular flexibility index (Phi) is 3.45. The Hall–Kier alpha value is -1.20. The van der Waals surface area contributed by atoms with Gasteiger partial charge in [0.2, 0.25) is 0 Å². The van der Waals surface area contributed by atoms with Crippen LogP contribution in [0.3, 0.4) is 0 Å². The molecule has 1 saturated heterocycles. The monoisotopic (exact) mass is 291 g/mol. The number of nitrogens with one attached hydrogen (secondary N) is 1. The topological polar surface area (TPSA) is 56.2 Å². The average Bonchev–Trinajstić information content (AvgIpc) is 2.61. The Balaban J connectivity index is 1.88. The molecule has 0 bridgehead atoms. The molecule has 1 aromatic heterocycles. The first-order valence-corrected chi connectivity index (χ1v) is 7.77. The average molecular weight is 291 g/mol. The van der Waals surface area contributed by atoms with Crippen LogP contribution in [0.15, 0.2) is 11.0 Å². The second-order valence-electron chi connectivity index (χ2n) is 7.43. The van der Waals surface area contributed by atoms with Crippen molar-refractivity contribution in [3.8, 4) is 0 Å². The molecular formula is C16H25N3O2. The van der Waals surface area contributed by atoms with E-state index >= 15 is 0 Å². The highest BCUT2D eigenvalue weighted by molar-refractivity contribution is 5.23. The molecule has 1 atom stereocenters. The third-order valence-corrected chi connectivity index (χ3v) is 4.75. The molecule has 0 spiro atoms. The fraction of sp³-hybridized carbons (Fsp3) is 0.750. The second-order valence-corrected chi connectivity index (χ2v) is 7.43. The molecule has 0 saturated carbocycles. The van der Waals surface area contributed by atoms with Crippen molar-refractivity contribution in [2.75, 3.05) is 6.54 Å². The Labute approximate surface area is 125 Å². The van der Waals surface area contributed by atoms with Crippen LogP contribution in [0.25, 0.3) is 0 Å². The highest BCUT2D eigenvalue weighted by atomic mass is 16.5. The van der Waals surface area contributed by atoms with Gasteiger partial charge in [0.05, 0.1) is 23.9 Å². The molecule has 1 fully saturated rings. The van der Waals surface area contributed by atoms with Crippen molar-refractivity contribution in [3.05, 3.63) is 27.7 Å². The number of aromatic nitrogens is 2. The van der Waals surface area contributed by atoms with Crippen molar-refractivity contribution < 1.29 is 4.74 Å². The van der Waals surface area contributed by atoms with Crippen LogP contribution < -0.4 is 10.9 Å². The maximum absolute atomic E-state index is 12.6. The van der Waals surface area contributed by atoms with Gasteiger partial charge in [-0.1, -0.05) is 0 Å². The largest absolute Gasteiger partial charge is 0.369 e. The molecule has 116 valence electrons. The van der Waals surface area contributed by atoms with Crippen LogP contribution in [0.2, 0.25) is 0 Å². The third kappa shape index (κ3) is 2.77. The van der Waals surface area contributed by atoms with E-state index in [1.807, 2.05) is 6.20 Å². The van der Waals surface area contributed by atoms with Crippen LogP contribution >= 0.6 is 0 Å². The molecular weight excluding hydrogens is 266 g/mol. The molecule has 0 aliphatic carbocycles. The van der Waals surface area contributed by atoms with Gasteiger partial charge < -0.3 is 10.1 Å². The first-order chi connectivity index (χ1) is 9.78. The minimum atomic E-state index is -0.220. The van der Waals surface area contributed by atoms with Crippen molar-refractivity contribution in [1.82, 2.24) is 15.1 Å². The summed E-state index contributed by atoms with van der Waals surface area (Å²) in [5.41, 5.74) is 1.71. The number of hydrogen-bond donors (Lipinski definition) is 1. The van der Waals surface area contributed by atoms with E-state index in [0.717, 1.165) is 37.1 Å². The standard InChI is InChI=1S/C16H25N3O2/c1-15(2)7-12(16(3,4)21-15)10-19-14(20)13-5-6-17-8-11(13)9-18-19/h9,12,17H,5-8,10H2,1-4H3. The molecule has 1 unspecified atom stereocenters. The van der Waals surface area contributed by atoms with Crippen LogP contribution in [0.5, 0.6) is 0 Å². The molecule has 0 radical (unpaired) electrons. The normalized spacial score (nSPS) is 26.6. The minimum absolute atomic E-state index is 0.0782. The minimum Gasteiger partial charge on any atom is -0.369 e. The van der Waals surface area contributed by atoms with Gasteiger partial charge in [0.25, 0.3) is 5.56 Å². The summed E-state index contributed by atoms with van der Waals surface area (Å²) in [4.78, 5) is 12.6. The molecule has 5 heteroatoms. The van der Waals surface area contributed by atoms with Crippen molar-refractivity contribution in [2.45, 2.75) is 64.8 Å². The number of rotatable bonds is 2. The second kappa shape index (κ2) is 4.92. The Morgan fingerprint density at radius 1 is 1.43 bits per heavy atom. The fourth-order valence-corrected chi connectivity index (χ4v) is 3.72. The van der Waals surface area contributed by atoms with Gasteiger partial charge in [-0.2, -0.15) is 5.10 Å². The van der Waals surface area contributed by atoms with Crippen LogP contribution in [0.4, 0.5) is 0 Å². The van der Waals surface area contributed by atoms with Crippen LogP contribution in [0, 0.1) is 5.92 Å². The van der Waals surface area contributed by atoms with Crippen molar-refractivity contribution in [1.29, 1.82) is 0 Å². The van der Waals surface area contributed by atoms with Gasteiger partial charge in [0.15, 0.2) is 0 Å². The van der Waals surface area contributed by atoms with Crippen LogP contribution in [0.1, 0.15) is 45.2 Å². The van der Waals surface area contributed by atoms with E-state index in [4.69, 9.17) is 4.74 Å². The smallest absolute Gasteiger partial charge is 0.270 e. The molecule has 2 aliphatic rings. The lowest BCUT2D eigenvalue weighted by Crippen LogP contribution is -2.38. The number of ether oxygens (including phenoxy) is 1. The molecule has 0 aromatic carbocycles. The summed E-state index contributed by atoms with van der Waals surface area (Å²) in [5.74, 6) is 0.303. The summed E-state index contributed by atoms with van der Waals surface area (Å²) in [6.45, 7) is 10.7. The Morgan fingerprint density at radius 3 is 2.86 bits per heavy atom. The van der Waals surface area contributed by atoms with E-state index in [2.05, 4.69) is 38.1 Å². The van der Waals surface area contributed by atoms with E-state index < -0.39 is 0 Å². The summed E-state index contributed by atoms with van der Waals surface area (Å²) < 4.78 is 7.76. The van der Waals surface area contributed by atoms with Crippen molar-refractivity contribution in [2.24, 2.45) is 5.92 Å². The quantitative estimate of drug-likeness (QED) is 0.897. The molecule has 1 N–H and O–H groups in total. The van der Waals surface area contributed by atoms with Gasteiger partial charge in [-0.25, -0.2) is 4.68 Å². The van der Waals surface area contributed by atoms with Gasteiger partial charge in [-0.3, -0.25) is 4.79 Å². The molecule has 2 aliphatic heterocycles. The molecule has 3 rings (SSSR count). The first-order valence-electron chi connectivity index (χ1n) is 7.77. The number of hydrogen-bond acceptors (Lipinski definition) is 4.